The van der Waals surface area contributed by atoms with Gasteiger partial charge in [-0.15, -0.1) is 0 Å². The van der Waals surface area contributed by atoms with Gasteiger partial charge in [0.1, 0.15) is 0 Å². The highest BCUT2D eigenvalue weighted by Gasteiger charge is 2.31. The summed E-state index contributed by atoms with van der Waals surface area (Å²) in [6, 6.07) is 9.35. The summed E-state index contributed by atoms with van der Waals surface area (Å²) in [4.78, 5) is 26.3. The van der Waals surface area contributed by atoms with Crippen LogP contribution >= 0.6 is 0 Å². The first-order valence-corrected chi connectivity index (χ1v) is 8.37. The van der Waals surface area contributed by atoms with E-state index in [1.54, 1.807) is 0 Å². The maximum atomic E-state index is 12.6. The Kier molecular flexibility index (Phi) is 6.59. The molecule has 1 aromatic rings. The van der Waals surface area contributed by atoms with Gasteiger partial charge in [-0.05, 0) is 30.4 Å². The van der Waals surface area contributed by atoms with Crippen molar-refractivity contribution >= 4 is 11.8 Å². The Morgan fingerprint density at radius 3 is 2.65 bits per heavy atom. The zero-order chi connectivity index (χ0) is 16.7. The molecule has 0 aliphatic carbocycles. The van der Waals surface area contributed by atoms with Crippen molar-refractivity contribution in [2.24, 2.45) is 11.8 Å². The van der Waals surface area contributed by atoms with Crippen LogP contribution in [0.5, 0.6) is 0 Å². The lowest BCUT2D eigenvalue weighted by atomic mass is 9.81. The third-order valence-corrected chi connectivity index (χ3v) is 4.61. The Labute approximate surface area is 137 Å². The molecule has 5 heteroatoms. The van der Waals surface area contributed by atoms with Gasteiger partial charge in [0, 0.05) is 31.6 Å². The van der Waals surface area contributed by atoms with Crippen LogP contribution in [0, 0.1) is 11.8 Å². The number of aliphatic hydroxyl groups excluding tert-OH is 1. The molecule has 0 saturated carbocycles. The summed E-state index contributed by atoms with van der Waals surface area (Å²) in [6.07, 6.45) is 2.28. The highest BCUT2D eigenvalue weighted by Crippen LogP contribution is 2.29. The fourth-order valence-electron chi connectivity index (χ4n) is 3.27. The predicted octanol–water partition coefficient (Wildman–Crippen LogP) is 1.67. The topological polar surface area (TPSA) is 69.6 Å². The molecule has 2 atom stereocenters. The third kappa shape index (κ3) is 4.79. The number of amides is 2. The third-order valence-electron chi connectivity index (χ3n) is 4.61. The quantitative estimate of drug-likeness (QED) is 0.838. The molecule has 0 aromatic heterocycles. The van der Waals surface area contributed by atoms with E-state index in [-0.39, 0.29) is 18.4 Å². The molecule has 2 rings (SSSR count). The number of hydrogen-bond donors (Lipinski definition) is 2. The first kappa shape index (κ1) is 17.5. The van der Waals surface area contributed by atoms with Crippen LogP contribution in [0.25, 0.3) is 0 Å². The van der Waals surface area contributed by atoms with E-state index in [4.69, 9.17) is 5.11 Å². The minimum absolute atomic E-state index is 0.00895. The number of carbonyl (C=O) groups is 2. The molecule has 1 aromatic carbocycles. The zero-order valence-electron chi connectivity index (χ0n) is 13.7. The first-order valence-electron chi connectivity index (χ1n) is 8.37. The number of rotatable bonds is 6. The first-order chi connectivity index (χ1) is 11.2. The second-order valence-corrected chi connectivity index (χ2v) is 6.11. The predicted molar refractivity (Wildman–Crippen MR) is 88.9 cm³/mol. The smallest absolute Gasteiger partial charge is 0.253 e. The van der Waals surface area contributed by atoms with Crippen molar-refractivity contribution < 1.29 is 14.7 Å². The van der Waals surface area contributed by atoms with E-state index in [0.29, 0.717) is 37.9 Å². The maximum Gasteiger partial charge on any atom is 0.253 e. The molecule has 2 N–H and O–H groups in total. The highest BCUT2D eigenvalue weighted by molar-refractivity contribution is 5.94. The number of aliphatic hydroxyl groups is 1. The molecular weight excluding hydrogens is 292 g/mol. The number of piperidine rings is 1. The van der Waals surface area contributed by atoms with Crippen LogP contribution in [0.3, 0.4) is 0 Å². The Hall–Kier alpha value is -1.88. The molecule has 5 nitrogen and oxygen atoms in total. The van der Waals surface area contributed by atoms with Crippen LogP contribution in [0.15, 0.2) is 30.3 Å². The van der Waals surface area contributed by atoms with Crippen LogP contribution in [0.1, 0.15) is 36.5 Å². The summed E-state index contributed by atoms with van der Waals surface area (Å²) in [5.41, 5.74) is 0.724. The normalized spacial score (nSPS) is 21.0. The summed E-state index contributed by atoms with van der Waals surface area (Å²) in [5, 5.41) is 11.5. The fourth-order valence-corrected chi connectivity index (χ4v) is 3.27. The van der Waals surface area contributed by atoms with Crippen LogP contribution < -0.4 is 5.32 Å². The second kappa shape index (κ2) is 8.67. The van der Waals surface area contributed by atoms with E-state index in [2.05, 4.69) is 12.2 Å². The average molecular weight is 318 g/mol. The zero-order valence-corrected chi connectivity index (χ0v) is 13.7. The summed E-state index contributed by atoms with van der Waals surface area (Å²) in [7, 11) is 0. The number of likely N-dealkylation sites (tertiary alicyclic amines) is 1. The molecule has 1 fully saturated rings. The monoisotopic (exact) mass is 318 g/mol. The Morgan fingerprint density at radius 1 is 1.26 bits per heavy atom. The lowest BCUT2D eigenvalue weighted by molar-refractivity contribution is -0.123. The summed E-state index contributed by atoms with van der Waals surface area (Å²) < 4.78 is 0. The molecule has 2 unspecified atom stereocenters. The largest absolute Gasteiger partial charge is 0.395 e. The van der Waals surface area contributed by atoms with Gasteiger partial charge in [0.2, 0.25) is 5.91 Å². The average Bonchev–Trinajstić information content (AvgIpc) is 2.60. The van der Waals surface area contributed by atoms with Gasteiger partial charge in [0.05, 0.1) is 6.61 Å². The van der Waals surface area contributed by atoms with E-state index < -0.39 is 0 Å². The van der Waals surface area contributed by atoms with Crippen LogP contribution in [0.4, 0.5) is 0 Å². The molecule has 0 bridgehead atoms. The van der Waals surface area contributed by atoms with Crippen molar-refractivity contribution in [2.75, 3.05) is 26.2 Å². The van der Waals surface area contributed by atoms with Crippen LogP contribution in [-0.4, -0.2) is 48.1 Å². The maximum absolute atomic E-state index is 12.6. The van der Waals surface area contributed by atoms with Gasteiger partial charge in [-0.2, -0.15) is 0 Å². The lowest BCUT2D eigenvalue weighted by Crippen LogP contribution is -2.45. The van der Waals surface area contributed by atoms with Gasteiger partial charge in [-0.25, -0.2) is 0 Å². The SMILES string of the molecule is CCC1CN(C(=O)c2ccccc2)CCC1CC(=O)NCCO. The molecule has 1 aliphatic rings. The molecule has 1 heterocycles. The van der Waals surface area contributed by atoms with E-state index in [1.807, 2.05) is 35.2 Å². The molecule has 126 valence electrons. The van der Waals surface area contributed by atoms with E-state index in [9.17, 15) is 9.59 Å². The molecule has 23 heavy (non-hydrogen) atoms. The number of nitrogens with zero attached hydrogens (tertiary/aromatic N) is 1. The number of nitrogens with one attached hydrogen (secondary N) is 1. The van der Waals surface area contributed by atoms with Crippen molar-refractivity contribution in [1.29, 1.82) is 0 Å². The summed E-state index contributed by atoms with van der Waals surface area (Å²) >= 11 is 0. The number of hydrogen-bond acceptors (Lipinski definition) is 3. The van der Waals surface area contributed by atoms with Gasteiger partial charge in [-0.1, -0.05) is 31.5 Å². The van der Waals surface area contributed by atoms with Crippen molar-refractivity contribution in [3.8, 4) is 0 Å². The minimum atomic E-state index is -0.0348. The Balaban J connectivity index is 1.93. The van der Waals surface area contributed by atoms with E-state index in [0.717, 1.165) is 18.4 Å². The van der Waals surface area contributed by atoms with Gasteiger partial charge in [-0.3, -0.25) is 9.59 Å². The number of carbonyl (C=O) groups excluding carboxylic acids is 2. The standard InChI is InChI=1S/C18H26N2O3/c1-2-14-13-20(18(23)15-6-4-3-5-7-15)10-8-16(14)12-17(22)19-9-11-21/h3-7,14,16,21H,2,8-13H2,1H3,(H,19,22). The van der Waals surface area contributed by atoms with Crippen molar-refractivity contribution in [1.82, 2.24) is 10.2 Å². The van der Waals surface area contributed by atoms with Crippen molar-refractivity contribution in [2.45, 2.75) is 26.2 Å². The second-order valence-electron chi connectivity index (χ2n) is 6.11. The highest BCUT2D eigenvalue weighted by atomic mass is 16.3. The summed E-state index contributed by atoms with van der Waals surface area (Å²) in [6.45, 7) is 3.79. The molecular formula is C18H26N2O3. The minimum Gasteiger partial charge on any atom is -0.395 e. The molecule has 2 amide bonds. The fraction of sp³-hybridized carbons (Fsp3) is 0.556. The van der Waals surface area contributed by atoms with Gasteiger partial charge in [0.15, 0.2) is 0 Å². The van der Waals surface area contributed by atoms with Crippen LogP contribution in [0.2, 0.25) is 0 Å². The molecule has 1 aliphatic heterocycles. The van der Waals surface area contributed by atoms with Crippen molar-refractivity contribution in [3.63, 3.8) is 0 Å². The van der Waals surface area contributed by atoms with Gasteiger partial charge in [0.25, 0.3) is 5.91 Å². The lowest BCUT2D eigenvalue weighted by Gasteiger charge is -2.38. The Morgan fingerprint density at radius 2 is 2.00 bits per heavy atom. The number of benzene rings is 1. The van der Waals surface area contributed by atoms with Gasteiger partial charge < -0.3 is 15.3 Å². The Bertz CT molecular complexity index is 518. The van der Waals surface area contributed by atoms with Crippen LogP contribution in [-0.2, 0) is 4.79 Å². The molecule has 0 spiro atoms. The molecule has 0 radical (unpaired) electrons. The van der Waals surface area contributed by atoms with E-state index >= 15 is 0 Å². The van der Waals surface area contributed by atoms with Gasteiger partial charge >= 0.3 is 0 Å². The van der Waals surface area contributed by atoms with Crippen molar-refractivity contribution in [3.05, 3.63) is 35.9 Å². The van der Waals surface area contributed by atoms with E-state index in [1.165, 1.54) is 0 Å². The summed E-state index contributed by atoms with van der Waals surface area (Å²) in [5.74, 6) is 0.715. The molecule has 1 saturated heterocycles.